The molecule has 2 unspecified atom stereocenters. The van der Waals surface area contributed by atoms with Crippen LogP contribution in [0.1, 0.15) is 26.2 Å². The molecule has 1 rings (SSSR count). The van der Waals surface area contributed by atoms with Gasteiger partial charge < -0.3 is 11.1 Å². The average Bonchev–Trinajstić information content (AvgIpc) is 2.61. The number of nitrogens with two attached hydrogens (primary N) is 1. The molecule has 0 saturated carbocycles. The lowest BCUT2D eigenvalue weighted by Crippen LogP contribution is -2.45. The van der Waals surface area contributed by atoms with E-state index in [1.165, 1.54) is 0 Å². The van der Waals surface area contributed by atoms with E-state index in [1.54, 1.807) is 6.92 Å². The second-order valence-electron chi connectivity index (χ2n) is 4.00. The van der Waals surface area contributed by atoms with Crippen molar-refractivity contribution in [2.24, 2.45) is 5.73 Å². The molecule has 0 aromatic carbocycles. The minimum Gasteiger partial charge on any atom is -0.392 e. The first-order valence-electron chi connectivity index (χ1n) is 5.44. The standard InChI is InChI=1S/C9H17N3O3S2/c1-2-7(9(10)16)17(14,15)11-5-6-3-4-8(13)12-6/h6-7,11H,2-5H2,1H3,(H2,10,16)(H,12,13). The van der Waals surface area contributed by atoms with Crippen LogP contribution in [0.5, 0.6) is 0 Å². The molecule has 4 N–H and O–H groups in total. The molecule has 1 saturated heterocycles. The summed E-state index contributed by atoms with van der Waals surface area (Å²) in [6.07, 6.45) is 1.42. The summed E-state index contributed by atoms with van der Waals surface area (Å²) < 4.78 is 26.1. The first-order chi connectivity index (χ1) is 7.86. The zero-order chi connectivity index (χ0) is 13.1. The van der Waals surface area contributed by atoms with Gasteiger partial charge in [-0.05, 0) is 12.8 Å². The van der Waals surface area contributed by atoms with E-state index in [-0.39, 0.29) is 23.5 Å². The summed E-state index contributed by atoms with van der Waals surface area (Å²) >= 11 is 4.72. The molecular formula is C9H17N3O3S2. The van der Waals surface area contributed by atoms with Crippen molar-refractivity contribution in [3.63, 3.8) is 0 Å². The molecule has 0 aromatic rings. The highest BCUT2D eigenvalue weighted by Crippen LogP contribution is 2.08. The van der Waals surface area contributed by atoms with Crippen LogP contribution >= 0.6 is 12.2 Å². The minimum absolute atomic E-state index is 0.0320. The van der Waals surface area contributed by atoms with Crippen molar-refractivity contribution >= 4 is 33.1 Å². The monoisotopic (exact) mass is 279 g/mol. The molecule has 0 aromatic heterocycles. The van der Waals surface area contributed by atoms with E-state index in [0.29, 0.717) is 19.3 Å². The summed E-state index contributed by atoms with van der Waals surface area (Å²) in [5, 5.41) is 1.83. The van der Waals surface area contributed by atoms with Gasteiger partial charge in [0.05, 0.1) is 4.99 Å². The topological polar surface area (TPSA) is 101 Å². The lowest BCUT2D eigenvalue weighted by Gasteiger charge is -2.17. The van der Waals surface area contributed by atoms with Crippen LogP contribution in [0.15, 0.2) is 0 Å². The van der Waals surface area contributed by atoms with Gasteiger partial charge in [-0.25, -0.2) is 13.1 Å². The number of rotatable bonds is 6. The number of hydrogen-bond acceptors (Lipinski definition) is 4. The van der Waals surface area contributed by atoms with Crippen molar-refractivity contribution < 1.29 is 13.2 Å². The SMILES string of the molecule is CCC(C(N)=S)S(=O)(=O)NCC1CCC(=O)N1. The zero-order valence-corrected chi connectivity index (χ0v) is 11.2. The van der Waals surface area contributed by atoms with Gasteiger partial charge in [-0.15, -0.1) is 0 Å². The number of hydrogen-bond donors (Lipinski definition) is 3. The van der Waals surface area contributed by atoms with E-state index < -0.39 is 15.3 Å². The molecule has 1 aliphatic rings. The van der Waals surface area contributed by atoms with Crippen LogP contribution in [0, 0.1) is 0 Å². The van der Waals surface area contributed by atoms with E-state index in [0.717, 1.165) is 0 Å². The number of carbonyl (C=O) groups is 1. The normalized spacial score (nSPS) is 22.2. The maximum absolute atomic E-state index is 11.9. The summed E-state index contributed by atoms with van der Waals surface area (Å²) in [6, 6.07) is -0.138. The van der Waals surface area contributed by atoms with Crippen LogP contribution in [0.2, 0.25) is 0 Å². The fraction of sp³-hybridized carbons (Fsp3) is 0.778. The molecule has 1 heterocycles. The second-order valence-corrected chi connectivity index (χ2v) is 6.41. The Morgan fingerprint density at radius 2 is 2.35 bits per heavy atom. The molecule has 1 fully saturated rings. The Morgan fingerprint density at radius 1 is 1.71 bits per heavy atom. The molecule has 8 heteroatoms. The Balaban J connectivity index is 2.55. The quantitative estimate of drug-likeness (QED) is 0.555. The van der Waals surface area contributed by atoms with Crippen molar-refractivity contribution in [1.29, 1.82) is 0 Å². The molecule has 0 bridgehead atoms. The number of sulfonamides is 1. The van der Waals surface area contributed by atoms with Gasteiger partial charge in [0.1, 0.15) is 5.25 Å². The average molecular weight is 279 g/mol. The second kappa shape index (κ2) is 5.74. The van der Waals surface area contributed by atoms with Gasteiger partial charge in [0.2, 0.25) is 15.9 Å². The summed E-state index contributed by atoms with van der Waals surface area (Å²) in [5.41, 5.74) is 5.38. The molecule has 6 nitrogen and oxygen atoms in total. The van der Waals surface area contributed by atoms with Crippen LogP contribution in [0.4, 0.5) is 0 Å². The van der Waals surface area contributed by atoms with E-state index >= 15 is 0 Å². The summed E-state index contributed by atoms with van der Waals surface area (Å²) in [7, 11) is -3.54. The molecule has 0 aliphatic carbocycles. The highest BCUT2D eigenvalue weighted by Gasteiger charge is 2.28. The number of thiocarbonyl (C=S) groups is 1. The highest BCUT2D eigenvalue weighted by molar-refractivity contribution is 7.93. The Kier molecular flexibility index (Phi) is 4.84. The van der Waals surface area contributed by atoms with Crippen molar-refractivity contribution in [2.75, 3.05) is 6.54 Å². The molecule has 17 heavy (non-hydrogen) atoms. The van der Waals surface area contributed by atoms with Gasteiger partial charge in [0.25, 0.3) is 0 Å². The fourth-order valence-electron chi connectivity index (χ4n) is 1.72. The van der Waals surface area contributed by atoms with Crippen LogP contribution in [0.3, 0.4) is 0 Å². The summed E-state index contributed by atoms with van der Waals surface area (Å²) in [5.74, 6) is -0.0458. The summed E-state index contributed by atoms with van der Waals surface area (Å²) in [6.45, 7) is 1.90. The number of amides is 1. The lowest BCUT2D eigenvalue weighted by atomic mass is 10.2. The van der Waals surface area contributed by atoms with Crippen molar-refractivity contribution in [3.05, 3.63) is 0 Å². The Labute approximate surface area is 106 Å². The number of nitrogens with one attached hydrogen (secondary N) is 2. The van der Waals surface area contributed by atoms with Crippen molar-refractivity contribution in [3.8, 4) is 0 Å². The summed E-state index contributed by atoms with van der Waals surface area (Å²) in [4.78, 5) is 10.9. The smallest absolute Gasteiger partial charge is 0.221 e. The van der Waals surface area contributed by atoms with Gasteiger partial charge in [-0.2, -0.15) is 0 Å². The van der Waals surface area contributed by atoms with Gasteiger partial charge in [-0.1, -0.05) is 19.1 Å². The van der Waals surface area contributed by atoms with Gasteiger partial charge >= 0.3 is 0 Å². The van der Waals surface area contributed by atoms with Crippen LogP contribution in [-0.4, -0.2) is 37.2 Å². The van der Waals surface area contributed by atoms with Crippen LogP contribution < -0.4 is 15.8 Å². The highest BCUT2D eigenvalue weighted by atomic mass is 32.2. The Hall–Kier alpha value is -0.730. The first kappa shape index (κ1) is 14.3. The Morgan fingerprint density at radius 3 is 2.76 bits per heavy atom. The first-order valence-corrected chi connectivity index (χ1v) is 7.39. The molecule has 0 radical (unpaired) electrons. The van der Waals surface area contributed by atoms with Gasteiger partial charge in [0.15, 0.2) is 0 Å². The van der Waals surface area contributed by atoms with E-state index in [1.807, 2.05) is 0 Å². The maximum Gasteiger partial charge on any atom is 0.221 e. The predicted molar refractivity (Wildman–Crippen MR) is 69.0 cm³/mol. The Bertz CT molecular complexity index is 408. The third-order valence-corrected chi connectivity index (χ3v) is 5.02. The maximum atomic E-state index is 11.9. The molecular weight excluding hydrogens is 262 g/mol. The van der Waals surface area contributed by atoms with Crippen LogP contribution in [-0.2, 0) is 14.8 Å². The molecule has 1 aliphatic heterocycles. The lowest BCUT2D eigenvalue weighted by molar-refractivity contribution is -0.119. The molecule has 1 amide bonds. The van der Waals surface area contributed by atoms with Crippen molar-refractivity contribution in [2.45, 2.75) is 37.5 Å². The molecule has 98 valence electrons. The largest absolute Gasteiger partial charge is 0.392 e. The predicted octanol–water partition coefficient (Wildman–Crippen LogP) is -0.751. The van der Waals surface area contributed by atoms with E-state index in [2.05, 4.69) is 10.0 Å². The molecule has 0 spiro atoms. The minimum atomic E-state index is -3.54. The third kappa shape index (κ3) is 3.90. The van der Waals surface area contributed by atoms with E-state index in [9.17, 15) is 13.2 Å². The van der Waals surface area contributed by atoms with Gasteiger partial charge in [-0.3, -0.25) is 4.79 Å². The van der Waals surface area contributed by atoms with Crippen molar-refractivity contribution in [1.82, 2.24) is 10.0 Å². The van der Waals surface area contributed by atoms with Crippen LogP contribution in [0.25, 0.3) is 0 Å². The van der Waals surface area contributed by atoms with Gasteiger partial charge in [0, 0.05) is 19.0 Å². The zero-order valence-electron chi connectivity index (χ0n) is 9.60. The third-order valence-electron chi connectivity index (χ3n) is 2.68. The van der Waals surface area contributed by atoms with E-state index in [4.69, 9.17) is 18.0 Å². The number of carbonyl (C=O) groups excluding carboxylic acids is 1. The molecule has 2 atom stereocenters. The fourth-order valence-corrected chi connectivity index (χ4v) is 3.65.